The summed E-state index contributed by atoms with van der Waals surface area (Å²) in [4.78, 5) is 7.26. The lowest BCUT2D eigenvalue weighted by molar-refractivity contribution is 0.668. The number of anilines is 6. The Balaban J connectivity index is 0.961. The second-order valence-corrected chi connectivity index (χ2v) is 31.8. The molecule has 334 valence electrons. The van der Waals surface area contributed by atoms with Crippen LogP contribution in [0.2, 0.25) is 39.3 Å². The zero-order valence-electron chi connectivity index (χ0n) is 39.6. The standard InChI is InChI=1S/C62H50N2O2SSi2/c1-68(2,3)44-31-26-40(27-32-44)63(54-19-11-17-50-46-14-7-9-21-56(46)65-61(50)54)42-25-24-39-36-53-48-35-30-43(38-59(48)67-58-23-13-16-49(60(53)58)52(39)37-42)64(41-28-33-45(34-29-41)69(4,5)6)55-20-12-18-51-47-15-8-10-22-57(47)66-62(51)55/h7-38H,1-6H3. The van der Waals surface area contributed by atoms with Gasteiger partial charge in [-0.05, 0) is 112 Å². The number of benzene rings is 10. The second kappa shape index (κ2) is 15.6. The lowest BCUT2D eigenvalue weighted by Crippen LogP contribution is -2.37. The molecule has 13 rings (SSSR count). The molecule has 0 saturated carbocycles. The maximum Gasteiger partial charge on any atom is 0.159 e. The van der Waals surface area contributed by atoms with Crippen molar-refractivity contribution in [2.24, 2.45) is 0 Å². The number of hydrogen-bond acceptors (Lipinski definition) is 5. The van der Waals surface area contributed by atoms with Crippen LogP contribution in [0.3, 0.4) is 0 Å². The van der Waals surface area contributed by atoms with Crippen LogP contribution in [0.4, 0.5) is 34.1 Å². The van der Waals surface area contributed by atoms with Crippen LogP contribution in [0.25, 0.3) is 76.5 Å². The Bertz CT molecular complexity index is 4030. The van der Waals surface area contributed by atoms with Gasteiger partial charge in [0.25, 0.3) is 0 Å². The molecule has 10 aromatic carbocycles. The summed E-state index contributed by atoms with van der Waals surface area (Å²) in [6.07, 6.45) is 0. The van der Waals surface area contributed by atoms with Gasteiger partial charge in [-0.15, -0.1) is 0 Å². The van der Waals surface area contributed by atoms with Gasteiger partial charge in [-0.3, -0.25) is 0 Å². The van der Waals surface area contributed by atoms with Crippen LogP contribution in [0.1, 0.15) is 0 Å². The Morgan fingerprint density at radius 2 is 0.841 bits per heavy atom. The average Bonchev–Trinajstić information content (AvgIpc) is 3.94. The molecule has 12 aromatic rings. The summed E-state index contributed by atoms with van der Waals surface area (Å²) in [5, 5.41) is 12.3. The molecule has 2 aromatic heterocycles. The SMILES string of the molecule is C[Si](C)(C)c1ccc(N(c2ccc3c(c2)Sc2cccc4c2c-3cc2ccc(N(c3ccc([Si](C)(C)C)cc3)c3cccc5c3oc3ccccc35)cc24)c2cccc3c2oc2ccccc23)cc1. The highest BCUT2D eigenvalue weighted by molar-refractivity contribution is 7.99. The molecule has 69 heavy (non-hydrogen) atoms. The summed E-state index contributed by atoms with van der Waals surface area (Å²) in [6, 6.07) is 71.5. The van der Waals surface area contributed by atoms with Gasteiger partial charge in [0.2, 0.25) is 0 Å². The summed E-state index contributed by atoms with van der Waals surface area (Å²) in [5.74, 6) is 0. The predicted molar refractivity (Wildman–Crippen MR) is 301 cm³/mol. The zero-order chi connectivity index (χ0) is 46.8. The molecular weight excluding hydrogens is 893 g/mol. The minimum Gasteiger partial charge on any atom is -0.454 e. The Kier molecular flexibility index (Phi) is 9.47. The number of hydrogen-bond donors (Lipinski definition) is 0. The van der Waals surface area contributed by atoms with Crippen molar-refractivity contribution in [2.75, 3.05) is 9.80 Å². The van der Waals surface area contributed by atoms with Crippen molar-refractivity contribution in [3.63, 3.8) is 0 Å². The van der Waals surface area contributed by atoms with Gasteiger partial charge >= 0.3 is 0 Å². The van der Waals surface area contributed by atoms with Gasteiger partial charge in [0.1, 0.15) is 11.2 Å². The van der Waals surface area contributed by atoms with Crippen molar-refractivity contribution in [3.05, 3.63) is 194 Å². The van der Waals surface area contributed by atoms with Crippen LogP contribution in [0.5, 0.6) is 0 Å². The number of rotatable bonds is 8. The number of fused-ring (bicyclic) bond motifs is 10. The molecule has 0 saturated heterocycles. The van der Waals surface area contributed by atoms with Crippen LogP contribution < -0.4 is 20.2 Å². The first kappa shape index (κ1) is 41.9. The van der Waals surface area contributed by atoms with Gasteiger partial charge in [0.05, 0.1) is 27.5 Å². The van der Waals surface area contributed by atoms with Crippen molar-refractivity contribution in [3.8, 4) is 11.1 Å². The molecule has 0 atom stereocenters. The van der Waals surface area contributed by atoms with E-state index in [-0.39, 0.29) is 0 Å². The number of para-hydroxylation sites is 4. The van der Waals surface area contributed by atoms with Crippen LogP contribution in [-0.2, 0) is 0 Å². The number of furan rings is 2. The minimum atomic E-state index is -1.52. The fraction of sp³-hybridized carbons (Fsp3) is 0.0968. The van der Waals surface area contributed by atoms with E-state index in [0.717, 1.165) is 78.0 Å². The molecule has 1 aliphatic heterocycles. The van der Waals surface area contributed by atoms with E-state index < -0.39 is 16.1 Å². The maximum atomic E-state index is 6.71. The third kappa shape index (κ3) is 6.85. The summed E-state index contributed by atoms with van der Waals surface area (Å²) >= 11 is 1.87. The highest BCUT2D eigenvalue weighted by Crippen LogP contribution is 2.53. The van der Waals surface area contributed by atoms with Gasteiger partial charge in [-0.25, -0.2) is 0 Å². The molecule has 0 N–H and O–H groups in total. The lowest BCUT2D eigenvalue weighted by Gasteiger charge is -2.29. The van der Waals surface area contributed by atoms with E-state index in [1.54, 1.807) is 0 Å². The van der Waals surface area contributed by atoms with E-state index in [4.69, 9.17) is 8.83 Å². The Labute approximate surface area is 408 Å². The molecule has 0 bridgehead atoms. The summed E-state index contributed by atoms with van der Waals surface area (Å²) in [5.41, 5.74) is 12.5. The van der Waals surface area contributed by atoms with E-state index in [0.29, 0.717) is 0 Å². The Morgan fingerprint density at radius 1 is 0.362 bits per heavy atom. The van der Waals surface area contributed by atoms with E-state index in [1.807, 2.05) is 23.9 Å². The molecule has 1 aliphatic rings. The molecule has 0 aliphatic carbocycles. The highest BCUT2D eigenvalue weighted by Gasteiger charge is 2.27. The van der Waals surface area contributed by atoms with Gasteiger partial charge in [0.15, 0.2) is 11.2 Å². The van der Waals surface area contributed by atoms with Gasteiger partial charge in [-0.2, -0.15) is 0 Å². The van der Waals surface area contributed by atoms with Gasteiger partial charge in [-0.1, -0.05) is 171 Å². The van der Waals surface area contributed by atoms with Gasteiger partial charge in [0, 0.05) is 59.5 Å². The fourth-order valence-corrected chi connectivity index (χ4v) is 14.1. The van der Waals surface area contributed by atoms with Crippen molar-refractivity contribution in [1.82, 2.24) is 0 Å². The Morgan fingerprint density at radius 3 is 1.41 bits per heavy atom. The molecule has 4 nitrogen and oxygen atoms in total. The van der Waals surface area contributed by atoms with E-state index >= 15 is 0 Å². The molecule has 0 amide bonds. The topological polar surface area (TPSA) is 32.8 Å². The predicted octanol–water partition coefficient (Wildman–Crippen LogP) is 18.0. The van der Waals surface area contributed by atoms with Crippen LogP contribution in [-0.4, -0.2) is 16.1 Å². The van der Waals surface area contributed by atoms with E-state index in [1.165, 1.54) is 52.8 Å². The maximum absolute atomic E-state index is 6.71. The monoisotopic (exact) mass is 942 g/mol. The van der Waals surface area contributed by atoms with Crippen molar-refractivity contribution >= 4 is 138 Å². The van der Waals surface area contributed by atoms with Gasteiger partial charge < -0.3 is 18.6 Å². The molecule has 0 radical (unpaired) electrons. The molecule has 0 fully saturated rings. The van der Waals surface area contributed by atoms with Crippen LogP contribution in [0, 0.1) is 0 Å². The molecule has 7 heteroatoms. The largest absolute Gasteiger partial charge is 0.454 e. The lowest BCUT2D eigenvalue weighted by atomic mass is 9.92. The molecule has 0 unspecified atom stereocenters. The summed E-state index contributed by atoms with van der Waals surface area (Å²) < 4.78 is 13.4. The van der Waals surface area contributed by atoms with E-state index in [2.05, 4.69) is 231 Å². The first-order valence-corrected chi connectivity index (χ1v) is 31.7. The first-order valence-electron chi connectivity index (χ1n) is 23.9. The van der Waals surface area contributed by atoms with Crippen LogP contribution >= 0.6 is 11.8 Å². The molecule has 0 spiro atoms. The Hall–Kier alpha value is -7.30. The normalized spacial score (nSPS) is 12.7. The average molecular weight is 943 g/mol. The molecule has 3 heterocycles. The number of nitrogens with zero attached hydrogens (tertiary/aromatic N) is 2. The second-order valence-electron chi connectivity index (χ2n) is 20.6. The fourth-order valence-electron chi connectivity index (χ4n) is 10.6. The van der Waals surface area contributed by atoms with E-state index in [9.17, 15) is 0 Å². The van der Waals surface area contributed by atoms with Crippen molar-refractivity contribution in [2.45, 2.75) is 49.1 Å². The summed E-state index contributed by atoms with van der Waals surface area (Å²) in [7, 11) is -3.05. The first-order chi connectivity index (χ1) is 33.5. The smallest absolute Gasteiger partial charge is 0.159 e. The minimum absolute atomic E-state index is 0.883. The summed E-state index contributed by atoms with van der Waals surface area (Å²) in [6.45, 7) is 14.4. The molecular formula is C62H50N2O2SSi2. The third-order valence-electron chi connectivity index (χ3n) is 14.1. The zero-order valence-corrected chi connectivity index (χ0v) is 42.4. The highest BCUT2D eigenvalue weighted by atomic mass is 32.2. The van der Waals surface area contributed by atoms with Crippen molar-refractivity contribution in [1.29, 1.82) is 0 Å². The van der Waals surface area contributed by atoms with Crippen LogP contribution in [0.15, 0.2) is 213 Å². The quantitative estimate of drug-likeness (QED) is 0.112. The van der Waals surface area contributed by atoms with Crippen molar-refractivity contribution < 1.29 is 8.83 Å². The third-order valence-corrected chi connectivity index (χ3v) is 19.4.